The van der Waals surface area contributed by atoms with E-state index in [2.05, 4.69) is 25.6 Å². The van der Waals surface area contributed by atoms with Gasteiger partial charge in [0.15, 0.2) is 0 Å². The number of carbonyl (C=O) groups excluding carboxylic acids is 1. The normalized spacial score (nSPS) is 20.4. The summed E-state index contributed by atoms with van der Waals surface area (Å²) in [5.74, 6) is 1.09. The molecule has 0 N–H and O–H groups in total. The highest BCUT2D eigenvalue weighted by Crippen LogP contribution is 2.36. The maximum Gasteiger partial charge on any atom is 0.306 e. The van der Waals surface area contributed by atoms with E-state index in [1.54, 1.807) is 6.08 Å². The highest BCUT2D eigenvalue weighted by atomic mass is 16.5. The highest BCUT2D eigenvalue weighted by Gasteiger charge is 2.29. The van der Waals surface area contributed by atoms with Gasteiger partial charge >= 0.3 is 5.97 Å². The molecule has 1 aromatic carbocycles. The Morgan fingerprint density at radius 3 is 2.92 bits per heavy atom. The van der Waals surface area contributed by atoms with Gasteiger partial charge in [-0.2, -0.15) is 0 Å². The number of unbranched alkanes of at least 4 members (excludes halogenated alkanes) is 2. The Bertz CT molecular complexity index is 524. The summed E-state index contributed by atoms with van der Waals surface area (Å²) in [6.45, 7) is 6.33. The molecule has 2 rings (SSSR count). The van der Waals surface area contributed by atoms with Crippen molar-refractivity contribution in [1.29, 1.82) is 0 Å². The van der Waals surface area contributed by atoms with E-state index in [1.165, 1.54) is 12.0 Å². The largest absolute Gasteiger partial charge is 0.490 e. The van der Waals surface area contributed by atoms with Gasteiger partial charge in [-0.1, -0.05) is 51.0 Å². The van der Waals surface area contributed by atoms with Crippen molar-refractivity contribution in [3.63, 3.8) is 0 Å². The molecular weight excluding hydrogens is 300 g/mol. The van der Waals surface area contributed by atoms with Crippen LogP contribution in [0.2, 0.25) is 0 Å². The predicted molar refractivity (Wildman–Crippen MR) is 97.4 cm³/mol. The quantitative estimate of drug-likeness (QED) is 0.345. The van der Waals surface area contributed by atoms with Crippen LogP contribution in [0, 0.1) is 0 Å². The Kier molecular flexibility index (Phi) is 7.87. The second-order valence-corrected chi connectivity index (χ2v) is 6.55. The minimum Gasteiger partial charge on any atom is -0.490 e. The van der Waals surface area contributed by atoms with Crippen molar-refractivity contribution in [2.45, 2.75) is 70.3 Å². The first-order valence-corrected chi connectivity index (χ1v) is 9.27. The third kappa shape index (κ3) is 5.70. The Labute approximate surface area is 146 Å². The van der Waals surface area contributed by atoms with E-state index in [4.69, 9.17) is 9.47 Å². The van der Waals surface area contributed by atoms with Crippen LogP contribution < -0.4 is 4.74 Å². The lowest BCUT2D eigenvalue weighted by atomic mass is 9.81. The Morgan fingerprint density at radius 2 is 2.12 bits per heavy atom. The minimum absolute atomic E-state index is 0.00234. The van der Waals surface area contributed by atoms with E-state index in [0.717, 1.165) is 44.3 Å². The average molecular weight is 330 g/mol. The van der Waals surface area contributed by atoms with Crippen LogP contribution >= 0.6 is 0 Å². The molecule has 0 bridgehead atoms. The maximum absolute atomic E-state index is 12.1. The summed E-state index contributed by atoms with van der Waals surface area (Å²) in [6.07, 6.45) is 9.78. The first-order valence-electron chi connectivity index (χ1n) is 9.27. The van der Waals surface area contributed by atoms with Crippen LogP contribution in [0.15, 0.2) is 36.9 Å². The summed E-state index contributed by atoms with van der Waals surface area (Å²) in [4.78, 5) is 12.1. The van der Waals surface area contributed by atoms with Gasteiger partial charge in [0.2, 0.25) is 0 Å². The highest BCUT2D eigenvalue weighted by molar-refractivity contribution is 5.69. The lowest BCUT2D eigenvalue weighted by Gasteiger charge is -2.31. The fourth-order valence-corrected chi connectivity index (χ4v) is 3.36. The van der Waals surface area contributed by atoms with E-state index in [1.807, 2.05) is 12.1 Å². The van der Waals surface area contributed by atoms with E-state index in [0.29, 0.717) is 13.0 Å². The molecular formula is C21H30O3. The average Bonchev–Trinajstić information content (AvgIpc) is 2.61. The molecule has 132 valence electrons. The SMILES string of the molecule is C=CCOc1cccc(C2CCCCC2OC(=O)CCCCC)c1. The molecule has 0 radical (unpaired) electrons. The zero-order valence-corrected chi connectivity index (χ0v) is 14.8. The zero-order valence-electron chi connectivity index (χ0n) is 14.8. The van der Waals surface area contributed by atoms with Crippen molar-refractivity contribution in [3.8, 4) is 5.75 Å². The van der Waals surface area contributed by atoms with Gasteiger partial charge in [-0.15, -0.1) is 0 Å². The van der Waals surface area contributed by atoms with Crippen molar-refractivity contribution in [2.24, 2.45) is 0 Å². The molecule has 1 fully saturated rings. The smallest absolute Gasteiger partial charge is 0.306 e. The van der Waals surface area contributed by atoms with Crippen LogP contribution in [0.4, 0.5) is 0 Å². The van der Waals surface area contributed by atoms with Crippen LogP contribution in [0.3, 0.4) is 0 Å². The molecule has 2 unspecified atom stereocenters. The monoisotopic (exact) mass is 330 g/mol. The van der Waals surface area contributed by atoms with Crippen molar-refractivity contribution < 1.29 is 14.3 Å². The number of rotatable bonds is 9. The van der Waals surface area contributed by atoms with Crippen molar-refractivity contribution in [1.82, 2.24) is 0 Å². The fraction of sp³-hybridized carbons (Fsp3) is 0.571. The van der Waals surface area contributed by atoms with E-state index in [-0.39, 0.29) is 18.0 Å². The zero-order chi connectivity index (χ0) is 17.2. The number of carbonyl (C=O) groups is 1. The second-order valence-electron chi connectivity index (χ2n) is 6.55. The first kappa shape index (κ1) is 18.6. The second kappa shape index (κ2) is 10.2. The van der Waals surface area contributed by atoms with Crippen molar-refractivity contribution >= 4 is 5.97 Å². The minimum atomic E-state index is -0.0422. The summed E-state index contributed by atoms with van der Waals surface area (Å²) in [7, 11) is 0. The summed E-state index contributed by atoms with van der Waals surface area (Å²) >= 11 is 0. The van der Waals surface area contributed by atoms with Crippen molar-refractivity contribution in [2.75, 3.05) is 6.61 Å². The first-order chi connectivity index (χ1) is 11.7. The van der Waals surface area contributed by atoms with Gasteiger partial charge < -0.3 is 9.47 Å². The Hall–Kier alpha value is -1.77. The van der Waals surface area contributed by atoms with E-state index >= 15 is 0 Å². The molecule has 1 aromatic rings. The summed E-state index contributed by atoms with van der Waals surface area (Å²) in [5, 5.41) is 0. The van der Waals surface area contributed by atoms with Crippen LogP contribution in [0.1, 0.15) is 69.8 Å². The molecule has 1 aliphatic rings. The molecule has 24 heavy (non-hydrogen) atoms. The van der Waals surface area contributed by atoms with Gasteiger partial charge in [-0.05, 0) is 43.4 Å². The lowest BCUT2D eigenvalue weighted by molar-refractivity contribution is -0.151. The molecule has 0 amide bonds. The van der Waals surface area contributed by atoms with Crippen LogP contribution in [0.25, 0.3) is 0 Å². The number of hydrogen-bond acceptors (Lipinski definition) is 3. The predicted octanol–water partition coefficient (Wildman–Crippen LogP) is 5.40. The molecule has 1 saturated carbocycles. The number of hydrogen-bond donors (Lipinski definition) is 0. The van der Waals surface area contributed by atoms with Gasteiger partial charge in [0.05, 0.1) is 0 Å². The third-order valence-corrected chi connectivity index (χ3v) is 4.62. The summed E-state index contributed by atoms with van der Waals surface area (Å²) in [5.41, 5.74) is 1.21. The van der Waals surface area contributed by atoms with Crippen LogP contribution in [-0.4, -0.2) is 18.7 Å². The van der Waals surface area contributed by atoms with Gasteiger partial charge in [-0.3, -0.25) is 4.79 Å². The molecule has 3 heteroatoms. The summed E-state index contributed by atoms with van der Waals surface area (Å²) < 4.78 is 11.5. The van der Waals surface area contributed by atoms with Crippen LogP contribution in [-0.2, 0) is 9.53 Å². The van der Waals surface area contributed by atoms with Gasteiger partial charge in [0.25, 0.3) is 0 Å². The molecule has 0 aliphatic heterocycles. The Balaban J connectivity index is 2.00. The number of esters is 1. The fourth-order valence-electron chi connectivity index (χ4n) is 3.36. The van der Waals surface area contributed by atoms with Gasteiger partial charge in [0, 0.05) is 12.3 Å². The molecule has 0 saturated heterocycles. The lowest BCUT2D eigenvalue weighted by Crippen LogP contribution is -2.28. The van der Waals surface area contributed by atoms with Crippen molar-refractivity contribution in [3.05, 3.63) is 42.5 Å². The number of ether oxygens (including phenoxy) is 2. The standard InChI is InChI=1S/C21H30O3/c1-3-5-6-14-21(22)24-20-13-8-7-12-19(20)17-10-9-11-18(16-17)23-15-4-2/h4,9-11,16,19-20H,2-3,5-8,12-15H2,1H3. The number of benzene rings is 1. The molecule has 3 nitrogen and oxygen atoms in total. The van der Waals surface area contributed by atoms with E-state index < -0.39 is 0 Å². The third-order valence-electron chi connectivity index (χ3n) is 4.62. The Morgan fingerprint density at radius 1 is 1.29 bits per heavy atom. The topological polar surface area (TPSA) is 35.5 Å². The molecule has 0 spiro atoms. The molecule has 2 atom stereocenters. The summed E-state index contributed by atoms with van der Waals surface area (Å²) in [6, 6.07) is 8.18. The van der Waals surface area contributed by atoms with Gasteiger partial charge in [0.1, 0.15) is 18.5 Å². The van der Waals surface area contributed by atoms with Gasteiger partial charge in [-0.25, -0.2) is 0 Å². The maximum atomic E-state index is 12.1. The molecule has 0 heterocycles. The van der Waals surface area contributed by atoms with E-state index in [9.17, 15) is 4.79 Å². The van der Waals surface area contributed by atoms with Crippen LogP contribution in [0.5, 0.6) is 5.75 Å². The molecule has 0 aromatic heterocycles. The molecule has 1 aliphatic carbocycles.